The van der Waals surface area contributed by atoms with Crippen LogP contribution in [0.25, 0.3) is 10.9 Å². The zero-order valence-corrected chi connectivity index (χ0v) is 8.33. The van der Waals surface area contributed by atoms with Crippen molar-refractivity contribution >= 4 is 10.9 Å². The molecule has 0 aliphatic heterocycles. The topological polar surface area (TPSA) is 12.9 Å². The van der Waals surface area contributed by atoms with E-state index in [2.05, 4.69) is 36.2 Å². The molecule has 0 amide bonds. The molecular weight excluding hydrogens is 170 g/mol. The van der Waals surface area contributed by atoms with E-state index < -0.39 is 0 Å². The molecule has 3 rings (SSSR count). The van der Waals surface area contributed by atoms with E-state index in [9.17, 15) is 0 Å². The molecule has 1 aliphatic rings. The van der Waals surface area contributed by atoms with Crippen molar-refractivity contribution in [2.24, 2.45) is 0 Å². The molecule has 1 heterocycles. The van der Waals surface area contributed by atoms with E-state index in [4.69, 9.17) is 0 Å². The SMILES string of the molecule is CC1(c2cnc3ccccc3c2)CC1. The van der Waals surface area contributed by atoms with Crippen LogP contribution < -0.4 is 0 Å². The average Bonchev–Trinajstić information content (AvgIpc) is 2.97. The highest BCUT2D eigenvalue weighted by molar-refractivity contribution is 5.79. The zero-order valence-electron chi connectivity index (χ0n) is 8.33. The highest BCUT2D eigenvalue weighted by Crippen LogP contribution is 2.47. The number of aromatic nitrogens is 1. The molecule has 14 heavy (non-hydrogen) atoms. The van der Waals surface area contributed by atoms with E-state index in [-0.39, 0.29) is 0 Å². The van der Waals surface area contributed by atoms with Crippen LogP contribution in [0.3, 0.4) is 0 Å². The van der Waals surface area contributed by atoms with Crippen LogP contribution in [-0.2, 0) is 5.41 Å². The molecule has 2 aromatic rings. The Kier molecular flexibility index (Phi) is 1.46. The van der Waals surface area contributed by atoms with Crippen LogP contribution in [0.1, 0.15) is 25.3 Å². The van der Waals surface area contributed by atoms with E-state index in [1.165, 1.54) is 23.8 Å². The molecule has 0 radical (unpaired) electrons. The molecule has 0 N–H and O–H groups in total. The van der Waals surface area contributed by atoms with Crippen molar-refractivity contribution in [3.8, 4) is 0 Å². The van der Waals surface area contributed by atoms with Crippen molar-refractivity contribution in [2.45, 2.75) is 25.2 Å². The lowest BCUT2D eigenvalue weighted by Crippen LogP contribution is -1.99. The van der Waals surface area contributed by atoms with Gasteiger partial charge < -0.3 is 0 Å². The summed E-state index contributed by atoms with van der Waals surface area (Å²) in [6.07, 6.45) is 4.66. The zero-order chi connectivity index (χ0) is 9.60. The summed E-state index contributed by atoms with van der Waals surface area (Å²) >= 11 is 0. The van der Waals surface area contributed by atoms with Gasteiger partial charge in [0.15, 0.2) is 0 Å². The number of benzene rings is 1. The molecule has 1 heteroatoms. The Balaban J connectivity index is 2.20. The van der Waals surface area contributed by atoms with Gasteiger partial charge in [0.1, 0.15) is 0 Å². The van der Waals surface area contributed by atoms with Crippen LogP contribution in [0.15, 0.2) is 36.5 Å². The molecular formula is C13H13N. The van der Waals surface area contributed by atoms with E-state index >= 15 is 0 Å². The minimum atomic E-state index is 0.428. The normalized spacial score (nSPS) is 18.4. The third-order valence-electron chi connectivity index (χ3n) is 3.29. The number of para-hydroxylation sites is 1. The summed E-state index contributed by atoms with van der Waals surface area (Å²) in [5.74, 6) is 0. The third kappa shape index (κ3) is 1.12. The Bertz CT molecular complexity index is 483. The Morgan fingerprint density at radius 2 is 2.00 bits per heavy atom. The highest BCUT2D eigenvalue weighted by Gasteiger charge is 2.39. The summed E-state index contributed by atoms with van der Waals surface area (Å²) < 4.78 is 0. The Labute approximate surface area is 83.8 Å². The number of pyridine rings is 1. The molecule has 70 valence electrons. The summed E-state index contributed by atoms with van der Waals surface area (Å²) in [6, 6.07) is 10.6. The maximum Gasteiger partial charge on any atom is 0.0702 e. The molecule has 1 aliphatic carbocycles. The lowest BCUT2D eigenvalue weighted by Gasteiger charge is -2.08. The van der Waals surface area contributed by atoms with Crippen LogP contribution in [0.5, 0.6) is 0 Å². The molecule has 1 saturated carbocycles. The lowest BCUT2D eigenvalue weighted by molar-refractivity contribution is 0.784. The standard InChI is InChI=1S/C13H13N/c1-13(6-7-13)11-8-10-4-2-3-5-12(10)14-9-11/h2-5,8-9H,6-7H2,1H3. The maximum absolute atomic E-state index is 4.49. The van der Waals surface area contributed by atoms with Gasteiger partial charge in [-0.1, -0.05) is 25.1 Å². The first kappa shape index (κ1) is 7.98. The first-order chi connectivity index (χ1) is 6.78. The predicted molar refractivity (Wildman–Crippen MR) is 58.3 cm³/mol. The van der Waals surface area contributed by atoms with E-state index in [1.807, 2.05) is 12.3 Å². The first-order valence-corrected chi connectivity index (χ1v) is 5.13. The predicted octanol–water partition coefficient (Wildman–Crippen LogP) is 3.29. The monoisotopic (exact) mass is 183 g/mol. The van der Waals surface area contributed by atoms with Crippen LogP contribution in [0.2, 0.25) is 0 Å². The molecule has 0 saturated heterocycles. The van der Waals surface area contributed by atoms with Crippen molar-refractivity contribution in [1.29, 1.82) is 0 Å². The van der Waals surface area contributed by atoms with Crippen molar-refractivity contribution < 1.29 is 0 Å². The molecule has 0 bridgehead atoms. The summed E-state index contributed by atoms with van der Waals surface area (Å²) in [4.78, 5) is 4.49. The fourth-order valence-corrected chi connectivity index (χ4v) is 1.88. The van der Waals surface area contributed by atoms with Crippen molar-refractivity contribution in [1.82, 2.24) is 4.98 Å². The second kappa shape index (κ2) is 2.57. The van der Waals surface area contributed by atoms with Crippen LogP contribution >= 0.6 is 0 Å². The van der Waals surface area contributed by atoms with Crippen LogP contribution in [0, 0.1) is 0 Å². The number of hydrogen-bond donors (Lipinski definition) is 0. The van der Waals surface area contributed by atoms with Crippen LogP contribution in [0.4, 0.5) is 0 Å². The van der Waals surface area contributed by atoms with E-state index in [1.54, 1.807) is 0 Å². The molecule has 1 aromatic carbocycles. The van der Waals surface area contributed by atoms with Gasteiger partial charge in [0.2, 0.25) is 0 Å². The largest absolute Gasteiger partial charge is 0.256 e. The minimum Gasteiger partial charge on any atom is -0.256 e. The molecule has 0 atom stereocenters. The summed E-state index contributed by atoms with van der Waals surface area (Å²) in [5, 5.41) is 1.26. The van der Waals surface area contributed by atoms with Crippen molar-refractivity contribution in [3.63, 3.8) is 0 Å². The third-order valence-corrected chi connectivity index (χ3v) is 3.29. The highest BCUT2D eigenvalue weighted by atomic mass is 14.7. The summed E-state index contributed by atoms with van der Waals surface area (Å²) in [5.41, 5.74) is 2.92. The summed E-state index contributed by atoms with van der Waals surface area (Å²) in [6.45, 7) is 2.32. The van der Waals surface area contributed by atoms with Gasteiger partial charge in [-0.3, -0.25) is 4.98 Å². The smallest absolute Gasteiger partial charge is 0.0702 e. The number of nitrogens with zero attached hydrogens (tertiary/aromatic N) is 1. The van der Waals surface area contributed by atoms with Gasteiger partial charge in [-0.25, -0.2) is 0 Å². The molecule has 0 unspecified atom stereocenters. The minimum absolute atomic E-state index is 0.428. The number of hydrogen-bond acceptors (Lipinski definition) is 1. The van der Waals surface area contributed by atoms with Gasteiger partial charge in [-0.2, -0.15) is 0 Å². The average molecular weight is 183 g/mol. The Morgan fingerprint density at radius 3 is 2.79 bits per heavy atom. The Hall–Kier alpha value is -1.37. The maximum atomic E-state index is 4.49. The van der Waals surface area contributed by atoms with Crippen molar-refractivity contribution in [3.05, 3.63) is 42.1 Å². The van der Waals surface area contributed by atoms with Gasteiger partial charge in [-0.15, -0.1) is 0 Å². The van der Waals surface area contributed by atoms with Gasteiger partial charge in [0.25, 0.3) is 0 Å². The molecule has 0 spiro atoms. The second-order valence-corrected chi connectivity index (χ2v) is 4.48. The second-order valence-electron chi connectivity index (χ2n) is 4.48. The lowest BCUT2D eigenvalue weighted by atomic mass is 9.99. The van der Waals surface area contributed by atoms with Crippen molar-refractivity contribution in [2.75, 3.05) is 0 Å². The Morgan fingerprint density at radius 1 is 1.21 bits per heavy atom. The van der Waals surface area contributed by atoms with Gasteiger partial charge in [-0.05, 0) is 36.0 Å². The quantitative estimate of drug-likeness (QED) is 0.661. The summed E-state index contributed by atoms with van der Waals surface area (Å²) in [7, 11) is 0. The molecule has 1 fully saturated rings. The fraction of sp³-hybridized carbons (Fsp3) is 0.308. The van der Waals surface area contributed by atoms with Gasteiger partial charge >= 0.3 is 0 Å². The number of rotatable bonds is 1. The molecule has 1 aromatic heterocycles. The molecule has 1 nitrogen and oxygen atoms in total. The van der Waals surface area contributed by atoms with E-state index in [0.717, 1.165) is 5.52 Å². The van der Waals surface area contributed by atoms with Gasteiger partial charge in [0, 0.05) is 11.6 Å². The number of fused-ring (bicyclic) bond motifs is 1. The van der Waals surface area contributed by atoms with Crippen LogP contribution in [-0.4, -0.2) is 4.98 Å². The fourth-order valence-electron chi connectivity index (χ4n) is 1.88. The first-order valence-electron chi connectivity index (χ1n) is 5.13. The van der Waals surface area contributed by atoms with E-state index in [0.29, 0.717) is 5.41 Å². The van der Waals surface area contributed by atoms with Gasteiger partial charge in [0.05, 0.1) is 5.52 Å².